The second-order valence-corrected chi connectivity index (χ2v) is 8.70. The van der Waals surface area contributed by atoms with Crippen LogP contribution in [0.2, 0.25) is 0 Å². The van der Waals surface area contributed by atoms with Gasteiger partial charge in [-0.1, -0.05) is 6.07 Å². The Hall–Kier alpha value is -2.20. The average molecular weight is 453 g/mol. The SMILES string of the molecule is Cc1c(Cc2ccc(OC(C)C)cc2F)c(O[C@H]2C[C@@H](O)[C@H](O)[C@@H](CO)O2)nn1C(C)C. The number of ether oxygens (including phenoxy) is 3. The van der Waals surface area contributed by atoms with Gasteiger partial charge in [-0.15, -0.1) is 5.10 Å². The van der Waals surface area contributed by atoms with Gasteiger partial charge >= 0.3 is 0 Å². The molecule has 0 unspecified atom stereocenters. The van der Waals surface area contributed by atoms with Crippen LogP contribution in [0.25, 0.3) is 0 Å². The van der Waals surface area contributed by atoms with Gasteiger partial charge in [-0.05, 0) is 46.2 Å². The molecule has 2 aromatic rings. The van der Waals surface area contributed by atoms with E-state index in [4.69, 9.17) is 14.2 Å². The van der Waals surface area contributed by atoms with Crippen molar-refractivity contribution in [1.82, 2.24) is 9.78 Å². The van der Waals surface area contributed by atoms with Crippen LogP contribution in [-0.2, 0) is 11.2 Å². The molecule has 0 amide bonds. The first-order chi connectivity index (χ1) is 15.1. The maximum absolute atomic E-state index is 14.8. The highest BCUT2D eigenvalue weighted by molar-refractivity contribution is 5.39. The summed E-state index contributed by atoms with van der Waals surface area (Å²) >= 11 is 0. The van der Waals surface area contributed by atoms with Crippen molar-refractivity contribution in [2.24, 2.45) is 0 Å². The van der Waals surface area contributed by atoms with E-state index in [9.17, 15) is 19.7 Å². The smallest absolute Gasteiger partial charge is 0.238 e. The highest BCUT2D eigenvalue weighted by atomic mass is 19.1. The number of benzene rings is 1. The lowest BCUT2D eigenvalue weighted by molar-refractivity contribution is -0.230. The Balaban J connectivity index is 1.88. The molecule has 0 spiro atoms. The van der Waals surface area contributed by atoms with Crippen LogP contribution in [-0.4, -0.2) is 62.4 Å². The number of hydrogen-bond acceptors (Lipinski definition) is 7. The Bertz CT molecular complexity index is 916. The highest BCUT2D eigenvalue weighted by Gasteiger charge is 2.38. The molecule has 8 nitrogen and oxygen atoms in total. The van der Waals surface area contributed by atoms with Crippen molar-refractivity contribution in [2.45, 2.75) is 84.2 Å². The van der Waals surface area contributed by atoms with E-state index >= 15 is 0 Å². The number of nitrogens with zero attached hydrogens (tertiary/aromatic N) is 2. The zero-order chi connectivity index (χ0) is 23.6. The fourth-order valence-electron chi connectivity index (χ4n) is 3.80. The first kappa shape index (κ1) is 24.4. The van der Waals surface area contributed by atoms with Crippen LogP contribution in [0.3, 0.4) is 0 Å². The Morgan fingerprint density at radius 3 is 2.56 bits per heavy atom. The van der Waals surface area contributed by atoms with E-state index in [1.807, 2.05) is 34.6 Å². The van der Waals surface area contributed by atoms with E-state index in [2.05, 4.69) is 5.10 Å². The minimum atomic E-state index is -1.20. The fraction of sp³-hybridized carbons (Fsp3) is 0.609. The summed E-state index contributed by atoms with van der Waals surface area (Å²) in [4.78, 5) is 0. The van der Waals surface area contributed by atoms with Crippen molar-refractivity contribution >= 4 is 0 Å². The molecular formula is C23H33FN2O6. The molecule has 3 N–H and O–H groups in total. The first-order valence-corrected chi connectivity index (χ1v) is 10.9. The molecular weight excluding hydrogens is 419 g/mol. The number of halogens is 1. The molecule has 1 aliphatic heterocycles. The van der Waals surface area contributed by atoms with Crippen LogP contribution in [0, 0.1) is 12.7 Å². The van der Waals surface area contributed by atoms with Gasteiger partial charge in [-0.3, -0.25) is 4.68 Å². The fourth-order valence-corrected chi connectivity index (χ4v) is 3.80. The summed E-state index contributed by atoms with van der Waals surface area (Å²) in [6.07, 6.45) is -3.98. The molecule has 1 aromatic heterocycles. The Morgan fingerprint density at radius 2 is 1.97 bits per heavy atom. The first-order valence-electron chi connectivity index (χ1n) is 10.9. The van der Waals surface area contributed by atoms with Crippen LogP contribution in [0.5, 0.6) is 11.6 Å². The van der Waals surface area contributed by atoms with Gasteiger partial charge in [0, 0.05) is 36.2 Å². The van der Waals surface area contributed by atoms with E-state index in [0.717, 1.165) is 5.69 Å². The number of aliphatic hydroxyl groups excluding tert-OH is 3. The van der Waals surface area contributed by atoms with Crippen LogP contribution >= 0.6 is 0 Å². The van der Waals surface area contributed by atoms with Crippen LogP contribution in [0.15, 0.2) is 18.2 Å². The summed E-state index contributed by atoms with van der Waals surface area (Å²) < 4.78 is 33.7. The Labute approximate surface area is 187 Å². The lowest BCUT2D eigenvalue weighted by Gasteiger charge is -2.35. The zero-order valence-electron chi connectivity index (χ0n) is 19.2. The number of aromatic nitrogens is 2. The van der Waals surface area contributed by atoms with Gasteiger partial charge in [0.05, 0.1) is 18.8 Å². The van der Waals surface area contributed by atoms with Crippen molar-refractivity contribution in [3.05, 3.63) is 40.8 Å². The lowest BCUT2D eigenvalue weighted by Crippen LogP contribution is -2.51. The van der Waals surface area contributed by atoms with E-state index in [-0.39, 0.29) is 30.9 Å². The van der Waals surface area contributed by atoms with E-state index in [0.29, 0.717) is 16.9 Å². The van der Waals surface area contributed by atoms with E-state index in [1.54, 1.807) is 16.8 Å². The van der Waals surface area contributed by atoms with Gasteiger partial charge in [-0.2, -0.15) is 0 Å². The van der Waals surface area contributed by atoms with E-state index in [1.165, 1.54) is 6.07 Å². The van der Waals surface area contributed by atoms with Gasteiger partial charge in [0.2, 0.25) is 12.2 Å². The van der Waals surface area contributed by atoms with Gasteiger partial charge in [0.1, 0.15) is 23.8 Å². The monoisotopic (exact) mass is 452 g/mol. The Kier molecular flexibility index (Phi) is 7.76. The standard InChI is InChI=1S/C23H33FN2O6/c1-12(2)26-14(5)17(8-15-6-7-16(9-18(15)24)30-13(3)4)23(25-26)32-21-10-19(28)22(29)20(11-27)31-21/h6-7,9,12-13,19-22,27-29H,8,10-11H2,1-5H3/t19-,20-,21+,22+/m1/s1. The summed E-state index contributed by atoms with van der Waals surface area (Å²) in [7, 11) is 0. The quantitative estimate of drug-likeness (QED) is 0.565. The summed E-state index contributed by atoms with van der Waals surface area (Å²) in [6, 6.07) is 4.82. The molecule has 9 heteroatoms. The third-order valence-corrected chi connectivity index (χ3v) is 5.45. The predicted molar refractivity (Wildman–Crippen MR) is 115 cm³/mol. The topological polar surface area (TPSA) is 106 Å². The van der Waals surface area contributed by atoms with Crippen molar-refractivity contribution in [3.8, 4) is 11.6 Å². The second-order valence-electron chi connectivity index (χ2n) is 8.70. The maximum Gasteiger partial charge on any atom is 0.238 e. The maximum atomic E-state index is 14.8. The van der Waals surface area contributed by atoms with Gasteiger partial charge < -0.3 is 29.5 Å². The summed E-state index contributed by atoms with van der Waals surface area (Å²) in [6.45, 7) is 9.14. The van der Waals surface area contributed by atoms with Gasteiger partial charge in [0.25, 0.3) is 0 Å². The molecule has 1 saturated heterocycles. The Morgan fingerprint density at radius 1 is 1.25 bits per heavy atom. The minimum absolute atomic E-state index is 0.0142. The van der Waals surface area contributed by atoms with Crippen LogP contribution in [0.1, 0.15) is 57.0 Å². The van der Waals surface area contributed by atoms with Crippen molar-refractivity contribution in [1.29, 1.82) is 0 Å². The molecule has 32 heavy (non-hydrogen) atoms. The zero-order valence-corrected chi connectivity index (χ0v) is 19.2. The molecule has 0 bridgehead atoms. The molecule has 0 radical (unpaired) electrons. The van der Waals surface area contributed by atoms with Gasteiger partial charge in [0.15, 0.2) is 0 Å². The van der Waals surface area contributed by atoms with Crippen LogP contribution < -0.4 is 9.47 Å². The molecule has 1 aromatic carbocycles. The number of aliphatic hydroxyl groups is 3. The van der Waals surface area contributed by atoms with Crippen molar-refractivity contribution < 1.29 is 33.9 Å². The van der Waals surface area contributed by atoms with Crippen molar-refractivity contribution in [2.75, 3.05) is 6.61 Å². The van der Waals surface area contributed by atoms with E-state index < -0.39 is 37.0 Å². The third kappa shape index (κ3) is 5.40. The summed E-state index contributed by atoms with van der Waals surface area (Å²) in [5.41, 5.74) is 1.98. The van der Waals surface area contributed by atoms with Crippen molar-refractivity contribution in [3.63, 3.8) is 0 Å². The largest absolute Gasteiger partial charge is 0.491 e. The number of rotatable bonds is 8. The normalized spacial score (nSPS) is 23.7. The summed E-state index contributed by atoms with van der Waals surface area (Å²) in [5.74, 6) is 0.340. The van der Waals surface area contributed by atoms with Crippen LogP contribution in [0.4, 0.5) is 4.39 Å². The third-order valence-electron chi connectivity index (χ3n) is 5.45. The molecule has 3 rings (SSSR count). The molecule has 0 aliphatic carbocycles. The number of hydrogen-bond donors (Lipinski definition) is 3. The molecule has 178 valence electrons. The second kappa shape index (κ2) is 10.2. The lowest BCUT2D eigenvalue weighted by atomic mass is 10.0. The highest BCUT2D eigenvalue weighted by Crippen LogP contribution is 2.31. The molecule has 2 heterocycles. The molecule has 1 fully saturated rings. The van der Waals surface area contributed by atoms with Gasteiger partial charge in [-0.25, -0.2) is 4.39 Å². The molecule has 1 aliphatic rings. The minimum Gasteiger partial charge on any atom is -0.491 e. The molecule has 0 saturated carbocycles. The summed E-state index contributed by atoms with van der Waals surface area (Å²) in [5, 5.41) is 34.0. The average Bonchev–Trinajstić information content (AvgIpc) is 3.01. The molecule has 4 atom stereocenters. The predicted octanol–water partition coefficient (Wildman–Crippen LogP) is 2.50.